The van der Waals surface area contributed by atoms with E-state index < -0.39 is 11.7 Å². The van der Waals surface area contributed by atoms with E-state index in [1.807, 2.05) is 24.3 Å². The molecule has 0 saturated carbocycles. The van der Waals surface area contributed by atoms with Crippen LogP contribution in [0.4, 0.5) is 13.2 Å². The maximum absolute atomic E-state index is 12.4. The summed E-state index contributed by atoms with van der Waals surface area (Å²) in [6, 6.07) is 12.9. The SMILES string of the molecule is FC(F)(F)c1ccc(Cc2ccccc2Br)cc1. The summed E-state index contributed by atoms with van der Waals surface area (Å²) in [4.78, 5) is 0. The quantitative estimate of drug-likeness (QED) is 0.727. The molecule has 0 radical (unpaired) electrons. The molecule has 0 aliphatic carbocycles. The predicted molar refractivity (Wildman–Crippen MR) is 68.4 cm³/mol. The fraction of sp³-hybridized carbons (Fsp3) is 0.143. The number of hydrogen-bond donors (Lipinski definition) is 0. The Kier molecular flexibility index (Phi) is 3.76. The van der Waals surface area contributed by atoms with E-state index >= 15 is 0 Å². The van der Waals surface area contributed by atoms with Crippen LogP contribution in [-0.4, -0.2) is 0 Å². The van der Waals surface area contributed by atoms with Gasteiger partial charge in [0.15, 0.2) is 0 Å². The minimum absolute atomic E-state index is 0.611. The van der Waals surface area contributed by atoms with Gasteiger partial charge in [0, 0.05) is 4.47 Å². The Morgan fingerprint density at radius 3 is 2.06 bits per heavy atom. The highest BCUT2D eigenvalue weighted by atomic mass is 79.9. The van der Waals surface area contributed by atoms with Gasteiger partial charge in [-0.05, 0) is 35.7 Å². The molecule has 18 heavy (non-hydrogen) atoms. The molecule has 0 spiro atoms. The molecule has 2 rings (SSSR count). The van der Waals surface area contributed by atoms with E-state index in [0.29, 0.717) is 6.42 Å². The molecule has 2 aromatic carbocycles. The molecule has 0 aliphatic rings. The first-order valence-electron chi connectivity index (χ1n) is 5.36. The van der Waals surface area contributed by atoms with Crippen LogP contribution in [0.25, 0.3) is 0 Å². The summed E-state index contributed by atoms with van der Waals surface area (Å²) in [5.74, 6) is 0. The van der Waals surface area contributed by atoms with E-state index in [9.17, 15) is 13.2 Å². The van der Waals surface area contributed by atoms with Crippen molar-refractivity contribution in [1.29, 1.82) is 0 Å². The van der Waals surface area contributed by atoms with Crippen LogP contribution < -0.4 is 0 Å². The Morgan fingerprint density at radius 1 is 0.889 bits per heavy atom. The molecular formula is C14H10BrF3. The lowest BCUT2D eigenvalue weighted by Crippen LogP contribution is -2.04. The van der Waals surface area contributed by atoms with Gasteiger partial charge in [0.1, 0.15) is 0 Å². The van der Waals surface area contributed by atoms with Gasteiger partial charge in [0.25, 0.3) is 0 Å². The molecule has 0 aliphatic heterocycles. The minimum Gasteiger partial charge on any atom is -0.166 e. The predicted octanol–water partition coefficient (Wildman–Crippen LogP) is 5.06. The second-order valence-corrected chi connectivity index (χ2v) is 4.82. The van der Waals surface area contributed by atoms with Gasteiger partial charge in [0.05, 0.1) is 5.56 Å². The molecule has 0 heterocycles. The van der Waals surface area contributed by atoms with E-state index in [1.165, 1.54) is 12.1 Å². The van der Waals surface area contributed by atoms with Crippen molar-refractivity contribution >= 4 is 15.9 Å². The van der Waals surface area contributed by atoms with Crippen molar-refractivity contribution < 1.29 is 13.2 Å². The van der Waals surface area contributed by atoms with Gasteiger partial charge >= 0.3 is 6.18 Å². The number of benzene rings is 2. The molecule has 2 aromatic rings. The summed E-state index contributed by atoms with van der Waals surface area (Å²) in [6.07, 6.45) is -3.66. The first-order valence-corrected chi connectivity index (χ1v) is 6.15. The summed E-state index contributed by atoms with van der Waals surface area (Å²) in [5.41, 5.74) is 1.30. The molecule has 0 nitrogen and oxygen atoms in total. The normalized spacial score (nSPS) is 11.6. The van der Waals surface area contributed by atoms with Gasteiger partial charge in [-0.25, -0.2) is 0 Å². The zero-order chi connectivity index (χ0) is 13.2. The molecule has 0 saturated heterocycles. The van der Waals surface area contributed by atoms with Crippen molar-refractivity contribution in [2.24, 2.45) is 0 Å². The Balaban J connectivity index is 2.19. The average Bonchev–Trinajstić information content (AvgIpc) is 2.32. The summed E-state index contributed by atoms with van der Waals surface area (Å²) in [5, 5.41) is 0. The first kappa shape index (κ1) is 13.1. The van der Waals surface area contributed by atoms with Crippen LogP contribution in [0.2, 0.25) is 0 Å². The maximum atomic E-state index is 12.4. The Morgan fingerprint density at radius 2 is 1.50 bits per heavy atom. The zero-order valence-electron chi connectivity index (χ0n) is 9.34. The largest absolute Gasteiger partial charge is 0.416 e. The summed E-state index contributed by atoms with van der Waals surface area (Å²) < 4.78 is 38.2. The Labute approximate surface area is 112 Å². The highest BCUT2D eigenvalue weighted by Gasteiger charge is 2.29. The van der Waals surface area contributed by atoms with Gasteiger partial charge in [0.2, 0.25) is 0 Å². The fourth-order valence-electron chi connectivity index (χ4n) is 1.67. The van der Waals surface area contributed by atoms with E-state index in [-0.39, 0.29) is 0 Å². The molecule has 0 amide bonds. The number of alkyl halides is 3. The van der Waals surface area contributed by atoms with Crippen LogP contribution in [0.1, 0.15) is 16.7 Å². The van der Waals surface area contributed by atoms with Crippen LogP contribution >= 0.6 is 15.9 Å². The second-order valence-electron chi connectivity index (χ2n) is 3.96. The van der Waals surface area contributed by atoms with Gasteiger partial charge in [-0.2, -0.15) is 13.2 Å². The van der Waals surface area contributed by atoms with Gasteiger partial charge in [-0.1, -0.05) is 46.3 Å². The van der Waals surface area contributed by atoms with Crippen molar-refractivity contribution in [3.05, 3.63) is 69.7 Å². The van der Waals surface area contributed by atoms with Crippen LogP contribution in [0.15, 0.2) is 53.0 Å². The van der Waals surface area contributed by atoms with E-state index in [4.69, 9.17) is 0 Å². The van der Waals surface area contributed by atoms with Gasteiger partial charge < -0.3 is 0 Å². The highest BCUT2D eigenvalue weighted by molar-refractivity contribution is 9.10. The van der Waals surface area contributed by atoms with Crippen LogP contribution in [0.5, 0.6) is 0 Å². The Bertz CT molecular complexity index is 529. The molecular weight excluding hydrogens is 305 g/mol. The van der Waals surface area contributed by atoms with Crippen molar-refractivity contribution in [3.8, 4) is 0 Å². The monoisotopic (exact) mass is 314 g/mol. The van der Waals surface area contributed by atoms with Gasteiger partial charge in [-0.15, -0.1) is 0 Å². The molecule has 0 unspecified atom stereocenters. The topological polar surface area (TPSA) is 0 Å². The van der Waals surface area contributed by atoms with E-state index in [0.717, 1.165) is 27.7 Å². The number of halogens is 4. The molecule has 0 atom stereocenters. The standard InChI is InChI=1S/C14H10BrF3/c15-13-4-2-1-3-11(13)9-10-5-7-12(8-6-10)14(16,17)18/h1-8H,9H2. The van der Waals surface area contributed by atoms with Crippen LogP contribution in [0, 0.1) is 0 Å². The third-order valence-electron chi connectivity index (χ3n) is 2.63. The third kappa shape index (κ3) is 3.13. The lowest BCUT2D eigenvalue weighted by Gasteiger charge is -2.08. The smallest absolute Gasteiger partial charge is 0.166 e. The fourth-order valence-corrected chi connectivity index (χ4v) is 2.10. The molecule has 4 heteroatoms. The van der Waals surface area contributed by atoms with Crippen molar-refractivity contribution in [2.75, 3.05) is 0 Å². The average molecular weight is 315 g/mol. The maximum Gasteiger partial charge on any atom is 0.416 e. The van der Waals surface area contributed by atoms with Crippen LogP contribution in [-0.2, 0) is 12.6 Å². The van der Waals surface area contributed by atoms with Crippen LogP contribution in [0.3, 0.4) is 0 Å². The van der Waals surface area contributed by atoms with E-state index in [2.05, 4.69) is 15.9 Å². The van der Waals surface area contributed by atoms with Gasteiger partial charge in [-0.3, -0.25) is 0 Å². The molecule has 0 fully saturated rings. The number of rotatable bonds is 2. The second kappa shape index (κ2) is 5.14. The van der Waals surface area contributed by atoms with Crippen molar-refractivity contribution in [2.45, 2.75) is 12.6 Å². The van der Waals surface area contributed by atoms with Crippen molar-refractivity contribution in [1.82, 2.24) is 0 Å². The third-order valence-corrected chi connectivity index (χ3v) is 3.41. The Hall–Kier alpha value is -1.29. The summed E-state index contributed by atoms with van der Waals surface area (Å²) >= 11 is 3.42. The number of hydrogen-bond acceptors (Lipinski definition) is 0. The molecule has 94 valence electrons. The lowest BCUT2D eigenvalue weighted by molar-refractivity contribution is -0.137. The lowest BCUT2D eigenvalue weighted by atomic mass is 10.0. The minimum atomic E-state index is -4.27. The zero-order valence-corrected chi connectivity index (χ0v) is 10.9. The summed E-state index contributed by atoms with van der Waals surface area (Å²) in [7, 11) is 0. The first-order chi connectivity index (χ1) is 8.47. The molecule has 0 bridgehead atoms. The highest BCUT2D eigenvalue weighted by Crippen LogP contribution is 2.29. The molecule has 0 N–H and O–H groups in total. The van der Waals surface area contributed by atoms with E-state index in [1.54, 1.807) is 0 Å². The molecule has 0 aromatic heterocycles. The summed E-state index contributed by atoms with van der Waals surface area (Å²) in [6.45, 7) is 0. The van der Waals surface area contributed by atoms with Crippen molar-refractivity contribution in [3.63, 3.8) is 0 Å².